The van der Waals surface area contributed by atoms with Gasteiger partial charge in [-0.15, -0.1) is 0 Å². The van der Waals surface area contributed by atoms with E-state index in [4.69, 9.17) is 34.7 Å². The molecule has 0 spiro atoms. The second-order valence-corrected chi connectivity index (χ2v) is 4.53. The highest BCUT2D eigenvalue weighted by Gasteiger charge is 2.10. The number of nitrogens with two attached hydrogens (primary N) is 2. The third-order valence-electron chi connectivity index (χ3n) is 2.41. The SMILES string of the molecule is NC(=O)c1cc(Nc2cccc(Cl)c2Cl)ncc1N. The van der Waals surface area contributed by atoms with Gasteiger partial charge in [0.05, 0.1) is 33.2 Å². The number of halogens is 2. The molecule has 98 valence electrons. The number of rotatable bonds is 3. The highest BCUT2D eigenvalue weighted by Crippen LogP contribution is 2.31. The van der Waals surface area contributed by atoms with Crippen molar-refractivity contribution in [2.45, 2.75) is 0 Å². The Kier molecular flexibility index (Phi) is 3.78. The molecule has 1 aromatic carbocycles. The first kappa shape index (κ1) is 13.5. The van der Waals surface area contributed by atoms with Crippen LogP contribution in [0.4, 0.5) is 17.2 Å². The van der Waals surface area contributed by atoms with Crippen molar-refractivity contribution in [3.63, 3.8) is 0 Å². The zero-order valence-electron chi connectivity index (χ0n) is 9.65. The molecule has 2 aromatic rings. The third kappa shape index (κ3) is 2.89. The van der Waals surface area contributed by atoms with Gasteiger partial charge in [0.2, 0.25) is 0 Å². The van der Waals surface area contributed by atoms with E-state index < -0.39 is 5.91 Å². The van der Waals surface area contributed by atoms with Gasteiger partial charge in [0.1, 0.15) is 5.82 Å². The van der Waals surface area contributed by atoms with E-state index in [1.54, 1.807) is 18.2 Å². The Morgan fingerprint density at radius 3 is 2.74 bits per heavy atom. The average molecular weight is 297 g/mol. The van der Waals surface area contributed by atoms with Crippen molar-refractivity contribution in [1.29, 1.82) is 0 Å². The molecule has 0 saturated carbocycles. The highest BCUT2D eigenvalue weighted by atomic mass is 35.5. The summed E-state index contributed by atoms with van der Waals surface area (Å²) >= 11 is 11.9. The molecule has 2 rings (SSSR count). The van der Waals surface area contributed by atoms with Crippen molar-refractivity contribution >= 4 is 46.3 Å². The smallest absolute Gasteiger partial charge is 0.250 e. The van der Waals surface area contributed by atoms with E-state index in [0.717, 1.165) is 0 Å². The maximum absolute atomic E-state index is 11.2. The van der Waals surface area contributed by atoms with E-state index >= 15 is 0 Å². The summed E-state index contributed by atoms with van der Waals surface area (Å²) in [7, 11) is 0. The van der Waals surface area contributed by atoms with Crippen molar-refractivity contribution < 1.29 is 4.79 Å². The molecule has 5 nitrogen and oxygen atoms in total. The lowest BCUT2D eigenvalue weighted by molar-refractivity contribution is 0.100. The van der Waals surface area contributed by atoms with Gasteiger partial charge in [0.25, 0.3) is 5.91 Å². The van der Waals surface area contributed by atoms with E-state index in [-0.39, 0.29) is 11.3 Å². The number of carbonyl (C=O) groups excluding carboxylic acids is 1. The van der Waals surface area contributed by atoms with Crippen LogP contribution in [0.2, 0.25) is 10.0 Å². The molecule has 1 aromatic heterocycles. The Bertz CT molecular complexity index is 646. The first-order valence-electron chi connectivity index (χ1n) is 5.25. The van der Waals surface area contributed by atoms with Gasteiger partial charge in [0.15, 0.2) is 0 Å². The molecule has 1 amide bonds. The van der Waals surface area contributed by atoms with Crippen LogP contribution in [0.1, 0.15) is 10.4 Å². The molecule has 5 N–H and O–H groups in total. The predicted octanol–water partition coefficient (Wildman–Crippen LogP) is 2.81. The number of nitrogens with zero attached hydrogens (tertiary/aromatic N) is 1. The van der Waals surface area contributed by atoms with Gasteiger partial charge in [-0.1, -0.05) is 29.3 Å². The van der Waals surface area contributed by atoms with Crippen molar-refractivity contribution in [1.82, 2.24) is 4.98 Å². The Hall–Kier alpha value is -1.98. The van der Waals surface area contributed by atoms with E-state index in [9.17, 15) is 4.79 Å². The largest absolute Gasteiger partial charge is 0.397 e. The molecule has 0 bridgehead atoms. The van der Waals surface area contributed by atoms with Crippen molar-refractivity contribution in [2.24, 2.45) is 5.73 Å². The molecule has 0 aliphatic carbocycles. The lowest BCUT2D eigenvalue weighted by atomic mass is 10.2. The number of aromatic nitrogens is 1. The summed E-state index contributed by atoms with van der Waals surface area (Å²) in [5.41, 5.74) is 11.8. The normalized spacial score (nSPS) is 10.2. The summed E-state index contributed by atoms with van der Waals surface area (Å²) in [6.07, 6.45) is 1.35. The van der Waals surface area contributed by atoms with Crippen LogP contribution in [0.5, 0.6) is 0 Å². The van der Waals surface area contributed by atoms with Crippen LogP contribution < -0.4 is 16.8 Å². The zero-order valence-corrected chi connectivity index (χ0v) is 11.2. The summed E-state index contributed by atoms with van der Waals surface area (Å²) < 4.78 is 0. The minimum absolute atomic E-state index is 0.190. The Labute approximate surface area is 119 Å². The maximum Gasteiger partial charge on any atom is 0.250 e. The molecular formula is C12H10Cl2N4O. The van der Waals surface area contributed by atoms with Crippen LogP contribution in [0.3, 0.4) is 0 Å². The minimum Gasteiger partial charge on any atom is -0.397 e. The van der Waals surface area contributed by atoms with Gasteiger partial charge in [0, 0.05) is 0 Å². The predicted molar refractivity (Wildman–Crippen MR) is 76.9 cm³/mol. The average Bonchev–Trinajstić information content (AvgIpc) is 2.37. The number of amides is 1. The molecule has 1 heterocycles. The number of anilines is 3. The standard InChI is InChI=1S/C12H10Cl2N4O/c13-7-2-1-3-9(11(7)14)18-10-4-6(12(16)19)8(15)5-17-10/h1-5H,15H2,(H2,16,19)(H,17,18). The lowest BCUT2D eigenvalue weighted by Gasteiger charge is -2.10. The quantitative estimate of drug-likeness (QED) is 0.812. The van der Waals surface area contributed by atoms with Gasteiger partial charge in [-0.25, -0.2) is 4.98 Å². The van der Waals surface area contributed by atoms with Crippen molar-refractivity contribution in [2.75, 3.05) is 11.1 Å². The second kappa shape index (κ2) is 5.34. The third-order valence-corrected chi connectivity index (χ3v) is 3.23. The number of nitrogens with one attached hydrogen (secondary N) is 1. The number of hydrogen-bond acceptors (Lipinski definition) is 4. The Morgan fingerprint density at radius 1 is 1.32 bits per heavy atom. The van der Waals surface area contributed by atoms with Crippen LogP contribution in [-0.4, -0.2) is 10.9 Å². The molecule has 7 heteroatoms. The molecule has 0 aliphatic rings. The fraction of sp³-hybridized carbons (Fsp3) is 0. The summed E-state index contributed by atoms with van der Waals surface area (Å²) in [5.74, 6) is -0.229. The summed E-state index contributed by atoms with van der Waals surface area (Å²) in [6.45, 7) is 0. The monoisotopic (exact) mass is 296 g/mol. The molecule has 0 saturated heterocycles. The molecular weight excluding hydrogens is 287 g/mol. The van der Waals surface area contributed by atoms with E-state index in [2.05, 4.69) is 10.3 Å². The summed E-state index contributed by atoms with van der Waals surface area (Å²) in [4.78, 5) is 15.2. The molecule has 0 fully saturated rings. The maximum atomic E-state index is 11.2. The Balaban J connectivity index is 2.36. The number of hydrogen-bond donors (Lipinski definition) is 3. The van der Waals surface area contributed by atoms with Crippen molar-refractivity contribution in [3.8, 4) is 0 Å². The summed E-state index contributed by atoms with van der Waals surface area (Å²) in [5, 5.41) is 3.72. The van der Waals surface area contributed by atoms with Gasteiger partial charge in [-0.3, -0.25) is 4.79 Å². The van der Waals surface area contributed by atoms with E-state index in [1.807, 2.05) is 0 Å². The molecule has 0 atom stereocenters. The fourth-order valence-corrected chi connectivity index (χ4v) is 1.83. The number of nitrogen functional groups attached to an aromatic ring is 1. The van der Waals surface area contributed by atoms with Crippen LogP contribution in [0.15, 0.2) is 30.5 Å². The fourth-order valence-electron chi connectivity index (χ4n) is 1.49. The Morgan fingerprint density at radius 2 is 2.05 bits per heavy atom. The van der Waals surface area contributed by atoms with Crippen LogP contribution in [-0.2, 0) is 0 Å². The van der Waals surface area contributed by atoms with Crippen LogP contribution in [0, 0.1) is 0 Å². The number of primary amides is 1. The number of benzene rings is 1. The number of carbonyl (C=O) groups is 1. The molecule has 19 heavy (non-hydrogen) atoms. The van der Waals surface area contributed by atoms with Gasteiger partial charge in [-0.05, 0) is 18.2 Å². The second-order valence-electron chi connectivity index (χ2n) is 3.75. The number of pyridine rings is 1. The first-order valence-corrected chi connectivity index (χ1v) is 6.01. The lowest BCUT2D eigenvalue weighted by Crippen LogP contribution is -2.14. The van der Waals surface area contributed by atoms with Crippen molar-refractivity contribution in [3.05, 3.63) is 46.1 Å². The van der Waals surface area contributed by atoms with Crippen LogP contribution >= 0.6 is 23.2 Å². The highest BCUT2D eigenvalue weighted by molar-refractivity contribution is 6.43. The molecule has 0 aliphatic heterocycles. The van der Waals surface area contributed by atoms with Gasteiger partial charge in [-0.2, -0.15) is 0 Å². The first-order chi connectivity index (χ1) is 8.99. The van der Waals surface area contributed by atoms with Gasteiger partial charge >= 0.3 is 0 Å². The van der Waals surface area contributed by atoms with Crippen LogP contribution in [0.25, 0.3) is 0 Å². The van der Waals surface area contributed by atoms with E-state index in [0.29, 0.717) is 21.6 Å². The molecule has 0 radical (unpaired) electrons. The van der Waals surface area contributed by atoms with E-state index in [1.165, 1.54) is 12.3 Å². The van der Waals surface area contributed by atoms with Gasteiger partial charge < -0.3 is 16.8 Å². The summed E-state index contributed by atoms with van der Waals surface area (Å²) in [6, 6.07) is 6.59. The topological polar surface area (TPSA) is 94.0 Å². The zero-order chi connectivity index (χ0) is 14.0. The molecule has 0 unspecified atom stereocenters. The minimum atomic E-state index is -0.625.